The number of carbonyl (C=O) groups is 1. The first-order chi connectivity index (χ1) is 15.7. The Kier molecular flexibility index (Phi) is 8.40. The maximum absolute atomic E-state index is 12.6. The van der Waals surface area contributed by atoms with Crippen molar-refractivity contribution in [3.63, 3.8) is 0 Å². The first-order valence-corrected chi connectivity index (χ1v) is 12.1. The van der Waals surface area contributed by atoms with Gasteiger partial charge in [-0.3, -0.25) is 9.78 Å². The molecule has 2 aromatic rings. The summed E-state index contributed by atoms with van der Waals surface area (Å²) in [6.45, 7) is 14.5. The van der Waals surface area contributed by atoms with E-state index in [1.54, 1.807) is 6.20 Å². The van der Waals surface area contributed by atoms with E-state index in [1.807, 2.05) is 24.1 Å². The predicted octanol–water partition coefficient (Wildman–Crippen LogP) is 4.19. The minimum atomic E-state index is -0.0215. The van der Waals surface area contributed by atoms with Gasteiger partial charge in [-0.25, -0.2) is 9.97 Å². The Labute approximate surface area is 198 Å². The quantitative estimate of drug-likeness (QED) is 0.505. The summed E-state index contributed by atoms with van der Waals surface area (Å²) in [4.78, 5) is 31.2. The van der Waals surface area contributed by atoms with E-state index in [4.69, 9.17) is 14.7 Å². The molecule has 33 heavy (non-hydrogen) atoms. The molecule has 2 aromatic heterocycles. The first kappa shape index (κ1) is 25.1. The van der Waals surface area contributed by atoms with Crippen LogP contribution in [0.1, 0.15) is 58.7 Å². The molecule has 0 unspecified atom stereocenters. The molecule has 0 aliphatic heterocycles. The molecular formula is C26H39N5O2. The zero-order valence-corrected chi connectivity index (χ0v) is 21.1. The number of Topliss-reactive ketones (excluding diaryl/α,β-unsaturated/α-hetero) is 1. The number of ketones is 1. The number of aryl methyl sites for hydroxylation is 1. The number of fused-ring (bicyclic) bond motifs is 1. The van der Waals surface area contributed by atoms with E-state index >= 15 is 0 Å². The van der Waals surface area contributed by atoms with E-state index in [1.165, 1.54) is 0 Å². The fourth-order valence-electron chi connectivity index (χ4n) is 4.29. The van der Waals surface area contributed by atoms with Crippen molar-refractivity contribution < 1.29 is 9.53 Å². The van der Waals surface area contributed by atoms with Crippen molar-refractivity contribution in [1.82, 2.24) is 19.9 Å². The second kappa shape index (κ2) is 11.1. The van der Waals surface area contributed by atoms with Crippen LogP contribution in [0.15, 0.2) is 18.3 Å². The minimum absolute atomic E-state index is 0.0215. The lowest BCUT2D eigenvalue weighted by atomic mass is 9.90. The summed E-state index contributed by atoms with van der Waals surface area (Å²) in [6.07, 6.45) is 5.24. The summed E-state index contributed by atoms with van der Waals surface area (Å²) >= 11 is 0. The molecule has 0 N–H and O–H groups in total. The van der Waals surface area contributed by atoms with Crippen molar-refractivity contribution in [1.29, 1.82) is 0 Å². The summed E-state index contributed by atoms with van der Waals surface area (Å²) in [5.74, 6) is 2.43. The van der Waals surface area contributed by atoms with Crippen molar-refractivity contribution in [3.05, 3.63) is 29.6 Å². The lowest BCUT2D eigenvalue weighted by Gasteiger charge is -2.23. The van der Waals surface area contributed by atoms with Crippen LogP contribution < -0.4 is 9.64 Å². The molecule has 0 aromatic carbocycles. The molecule has 1 aliphatic carbocycles. The number of aromatic nitrogens is 3. The van der Waals surface area contributed by atoms with Crippen LogP contribution in [0, 0.1) is 5.41 Å². The van der Waals surface area contributed by atoms with Gasteiger partial charge >= 0.3 is 0 Å². The van der Waals surface area contributed by atoms with Crippen LogP contribution in [0.5, 0.6) is 5.75 Å². The third-order valence-corrected chi connectivity index (χ3v) is 5.95. The zero-order valence-electron chi connectivity index (χ0n) is 21.1. The zero-order chi connectivity index (χ0) is 24.0. The van der Waals surface area contributed by atoms with Crippen LogP contribution >= 0.6 is 0 Å². The standard InChI is InChI=1S/C26H39N5O2/c1-7-31(8-2)14-15-33-20-12-13-27-23(16-20)24-28-22-11-9-10-21(22)25(29-24)30(6)18-19(32)17-26(3,4)5/h12-13,16H,7-11,14-15,17-18H2,1-6H3. The van der Waals surface area contributed by atoms with Gasteiger partial charge in [-0.15, -0.1) is 0 Å². The van der Waals surface area contributed by atoms with Gasteiger partial charge in [0.25, 0.3) is 0 Å². The van der Waals surface area contributed by atoms with E-state index in [0.29, 0.717) is 31.1 Å². The van der Waals surface area contributed by atoms with Crippen molar-refractivity contribution >= 4 is 11.6 Å². The normalized spacial score (nSPS) is 13.3. The fraction of sp³-hybridized carbons (Fsp3) is 0.615. The average Bonchev–Trinajstić information content (AvgIpc) is 3.23. The molecular weight excluding hydrogens is 414 g/mol. The number of hydrogen-bond donors (Lipinski definition) is 0. The SMILES string of the molecule is CCN(CC)CCOc1ccnc(-c2nc3c(c(N(C)CC(=O)CC(C)(C)C)n2)CCC3)c1. The Morgan fingerprint density at radius 3 is 2.61 bits per heavy atom. The highest BCUT2D eigenvalue weighted by Gasteiger charge is 2.24. The van der Waals surface area contributed by atoms with Crippen LogP contribution in [0.2, 0.25) is 0 Å². The monoisotopic (exact) mass is 453 g/mol. The number of hydrogen-bond acceptors (Lipinski definition) is 7. The Morgan fingerprint density at radius 1 is 1.15 bits per heavy atom. The summed E-state index contributed by atoms with van der Waals surface area (Å²) in [7, 11) is 1.95. The molecule has 0 fully saturated rings. The average molecular weight is 454 g/mol. The summed E-state index contributed by atoms with van der Waals surface area (Å²) in [5.41, 5.74) is 2.91. The van der Waals surface area contributed by atoms with Crippen LogP contribution in [0.25, 0.3) is 11.5 Å². The Morgan fingerprint density at radius 2 is 1.91 bits per heavy atom. The van der Waals surface area contributed by atoms with Crippen molar-refractivity contribution in [3.8, 4) is 17.3 Å². The van der Waals surface area contributed by atoms with E-state index < -0.39 is 0 Å². The fourth-order valence-corrected chi connectivity index (χ4v) is 4.29. The maximum Gasteiger partial charge on any atom is 0.180 e. The summed E-state index contributed by atoms with van der Waals surface area (Å²) in [5, 5.41) is 0. The van der Waals surface area contributed by atoms with E-state index in [2.05, 4.69) is 44.5 Å². The molecule has 3 rings (SSSR count). The molecule has 0 radical (unpaired) electrons. The number of rotatable bonds is 11. The number of pyridine rings is 1. The molecule has 180 valence electrons. The second-order valence-corrected chi connectivity index (χ2v) is 10.0. The third kappa shape index (κ3) is 6.97. The van der Waals surface area contributed by atoms with E-state index in [-0.39, 0.29) is 11.2 Å². The molecule has 2 heterocycles. The Bertz CT molecular complexity index is 950. The number of nitrogens with zero attached hydrogens (tertiary/aromatic N) is 5. The lowest BCUT2D eigenvalue weighted by Crippen LogP contribution is -2.30. The largest absolute Gasteiger partial charge is 0.492 e. The first-order valence-electron chi connectivity index (χ1n) is 12.1. The van der Waals surface area contributed by atoms with Crippen LogP contribution in [-0.4, -0.2) is 65.5 Å². The molecule has 1 aliphatic rings. The van der Waals surface area contributed by atoms with Gasteiger partial charge in [-0.1, -0.05) is 34.6 Å². The van der Waals surface area contributed by atoms with Crippen LogP contribution in [0.3, 0.4) is 0 Å². The number of anilines is 1. The highest BCUT2D eigenvalue weighted by Crippen LogP contribution is 2.31. The van der Waals surface area contributed by atoms with E-state index in [0.717, 1.165) is 61.7 Å². The maximum atomic E-state index is 12.6. The summed E-state index contributed by atoms with van der Waals surface area (Å²) < 4.78 is 5.98. The van der Waals surface area contributed by atoms with Crippen molar-refractivity contribution in [2.75, 3.05) is 44.7 Å². The molecule has 0 spiro atoms. The van der Waals surface area contributed by atoms with Gasteiger partial charge in [0.1, 0.15) is 23.9 Å². The number of ether oxygens (including phenoxy) is 1. The highest BCUT2D eigenvalue weighted by atomic mass is 16.5. The second-order valence-electron chi connectivity index (χ2n) is 10.0. The Balaban J connectivity index is 1.80. The van der Waals surface area contributed by atoms with Crippen LogP contribution in [-0.2, 0) is 17.6 Å². The number of carbonyl (C=O) groups excluding carboxylic acids is 1. The molecule has 0 saturated carbocycles. The number of likely N-dealkylation sites (N-methyl/N-ethyl adjacent to an activating group) is 2. The van der Waals surface area contributed by atoms with Gasteiger partial charge in [0, 0.05) is 43.5 Å². The molecule has 0 saturated heterocycles. The molecule has 7 nitrogen and oxygen atoms in total. The topological polar surface area (TPSA) is 71.5 Å². The molecule has 0 bridgehead atoms. The van der Waals surface area contributed by atoms with Crippen molar-refractivity contribution in [2.45, 2.75) is 60.3 Å². The molecule has 7 heteroatoms. The van der Waals surface area contributed by atoms with Crippen LogP contribution in [0.4, 0.5) is 5.82 Å². The third-order valence-electron chi connectivity index (χ3n) is 5.95. The lowest BCUT2D eigenvalue weighted by molar-refractivity contribution is -0.119. The van der Waals surface area contributed by atoms with Gasteiger partial charge < -0.3 is 14.5 Å². The van der Waals surface area contributed by atoms with Gasteiger partial charge in [-0.2, -0.15) is 0 Å². The van der Waals surface area contributed by atoms with Gasteiger partial charge in [0.15, 0.2) is 11.6 Å². The summed E-state index contributed by atoms with van der Waals surface area (Å²) in [6, 6.07) is 3.78. The molecule has 0 atom stereocenters. The highest BCUT2D eigenvalue weighted by molar-refractivity contribution is 5.84. The predicted molar refractivity (Wildman–Crippen MR) is 133 cm³/mol. The van der Waals surface area contributed by atoms with Gasteiger partial charge in [0.05, 0.1) is 6.54 Å². The van der Waals surface area contributed by atoms with Gasteiger partial charge in [0.2, 0.25) is 0 Å². The molecule has 0 amide bonds. The Hall–Kier alpha value is -2.54. The minimum Gasteiger partial charge on any atom is -0.492 e. The van der Waals surface area contributed by atoms with E-state index in [9.17, 15) is 4.79 Å². The van der Waals surface area contributed by atoms with Crippen molar-refractivity contribution in [2.24, 2.45) is 5.41 Å². The smallest absolute Gasteiger partial charge is 0.180 e. The van der Waals surface area contributed by atoms with Gasteiger partial charge in [-0.05, 0) is 43.8 Å².